The standard InChI is InChI=1S/C23H25FN2O4/c1-14-13-17(30-4)9-10-18(14)21(27)19-20(15-5-7-16(24)8-6-15)26(12-11-25(2)3)23(29)22(19)28/h5-10,13,20,27H,11-12H2,1-4H3/t20-/m0/s1. The van der Waals surface area contributed by atoms with Gasteiger partial charge in [0.2, 0.25) is 0 Å². The van der Waals surface area contributed by atoms with Gasteiger partial charge in [0.05, 0.1) is 18.7 Å². The van der Waals surface area contributed by atoms with Crippen molar-refractivity contribution in [3.63, 3.8) is 0 Å². The first-order valence-corrected chi connectivity index (χ1v) is 9.58. The summed E-state index contributed by atoms with van der Waals surface area (Å²) in [4.78, 5) is 29.1. The van der Waals surface area contributed by atoms with Crippen LogP contribution in [0.4, 0.5) is 4.39 Å². The minimum Gasteiger partial charge on any atom is -0.507 e. The fraction of sp³-hybridized carbons (Fsp3) is 0.304. The quantitative estimate of drug-likeness (QED) is 0.449. The number of ketones is 1. The van der Waals surface area contributed by atoms with Gasteiger partial charge in [-0.2, -0.15) is 0 Å². The Hall–Kier alpha value is -3.19. The zero-order valence-corrected chi connectivity index (χ0v) is 17.5. The zero-order valence-electron chi connectivity index (χ0n) is 17.5. The van der Waals surface area contributed by atoms with Crippen molar-refractivity contribution < 1.29 is 23.8 Å². The van der Waals surface area contributed by atoms with Crippen LogP contribution in [0.2, 0.25) is 0 Å². The average molecular weight is 412 g/mol. The number of ether oxygens (including phenoxy) is 1. The summed E-state index contributed by atoms with van der Waals surface area (Å²) < 4.78 is 18.7. The lowest BCUT2D eigenvalue weighted by Crippen LogP contribution is -2.35. The predicted octanol–water partition coefficient (Wildman–Crippen LogP) is 3.13. The minimum atomic E-state index is -0.799. The van der Waals surface area contributed by atoms with Crippen LogP contribution in [-0.4, -0.2) is 60.9 Å². The molecule has 1 heterocycles. The van der Waals surface area contributed by atoms with E-state index in [1.165, 1.54) is 29.2 Å². The molecule has 0 unspecified atom stereocenters. The first kappa shape index (κ1) is 21.5. The van der Waals surface area contributed by atoms with Crippen molar-refractivity contribution in [2.45, 2.75) is 13.0 Å². The number of nitrogens with zero attached hydrogens (tertiary/aromatic N) is 2. The monoisotopic (exact) mass is 412 g/mol. The van der Waals surface area contributed by atoms with Gasteiger partial charge < -0.3 is 19.6 Å². The van der Waals surface area contributed by atoms with E-state index in [1.54, 1.807) is 32.2 Å². The lowest BCUT2D eigenvalue weighted by atomic mass is 9.94. The number of benzene rings is 2. The Morgan fingerprint density at radius 3 is 2.40 bits per heavy atom. The third-order valence-electron chi connectivity index (χ3n) is 5.20. The van der Waals surface area contributed by atoms with Crippen LogP contribution in [0.1, 0.15) is 22.7 Å². The number of Topliss-reactive ketones (excluding diaryl/α,β-unsaturated/α-hetero) is 1. The molecule has 1 fully saturated rings. The van der Waals surface area contributed by atoms with Crippen LogP contribution < -0.4 is 4.74 Å². The van der Waals surface area contributed by atoms with Crippen molar-refractivity contribution in [1.82, 2.24) is 9.80 Å². The lowest BCUT2D eigenvalue weighted by Gasteiger charge is -2.26. The van der Waals surface area contributed by atoms with Gasteiger partial charge in [-0.15, -0.1) is 0 Å². The maximum absolute atomic E-state index is 13.5. The highest BCUT2D eigenvalue weighted by molar-refractivity contribution is 6.46. The molecule has 158 valence electrons. The molecule has 0 aliphatic carbocycles. The Kier molecular flexibility index (Phi) is 6.22. The highest BCUT2D eigenvalue weighted by atomic mass is 19.1. The second kappa shape index (κ2) is 8.67. The van der Waals surface area contributed by atoms with Crippen molar-refractivity contribution in [2.24, 2.45) is 0 Å². The number of aliphatic hydroxyl groups excluding tert-OH is 1. The van der Waals surface area contributed by atoms with Gasteiger partial charge in [-0.05, 0) is 62.5 Å². The number of aryl methyl sites for hydroxylation is 1. The second-order valence-electron chi connectivity index (χ2n) is 7.53. The van der Waals surface area contributed by atoms with E-state index in [4.69, 9.17) is 4.74 Å². The van der Waals surface area contributed by atoms with Crippen molar-refractivity contribution >= 4 is 17.4 Å². The van der Waals surface area contributed by atoms with Crippen LogP contribution in [0.25, 0.3) is 5.76 Å². The van der Waals surface area contributed by atoms with Gasteiger partial charge in [-0.1, -0.05) is 12.1 Å². The number of methoxy groups -OCH3 is 1. The van der Waals surface area contributed by atoms with E-state index >= 15 is 0 Å². The van der Waals surface area contributed by atoms with Gasteiger partial charge >= 0.3 is 0 Å². The summed E-state index contributed by atoms with van der Waals surface area (Å²) in [6.45, 7) is 2.61. The van der Waals surface area contributed by atoms with Crippen molar-refractivity contribution in [1.29, 1.82) is 0 Å². The number of likely N-dealkylation sites (tertiary alicyclic amines) is 1. The third-order valence-corrected chi connectivity index (χ3v) is 5.20. The Morgan fingerprint density at radius 2 is 1.83 bits per heavy atom. The van der Waals surface area contributed by atoms with E-state index in [0.717, 1.165) is 0 Å². The Bertz CT molecular complexity index is 999. The minimum absolute atomic E-state index is 0.00127. The van der Waals surface area contributed by atoms with Gasteiger partial charge in [0.15, 0.2) is 0 Å². The van der Waals surface area contributed by atoms with Crippen molar-refractivity contribution in [3.8, 4) is 5.75 Å². The highest BCUT2D eigenvalue weighted by Crippen LogP contribution is 2.40. The Labute approximate surface area is 175 Å². The maximum Gasteiger partial charge on any atom is 0.295 e. The first-order chi connectivity index (χ1) is 14.2. The fourth-order valence-corrected chi connectivity index (χ4v) is 3.58. The Balaban J connectivity index is 2.16. The van der Waals surface area contributed by atoms with E-state index in [0.29, 0.717) is 29.0 Å². The first-order valence-electron chi connectivity index (χ1n) is 9.58. The summed E-state index contributed by atoms with van der Waals surface area (Å²) in [5.41, 5.74) is 1.69. The van der Waals surface area contributed by atoms with Crippen LogP contribution in [0.15, 0.2) is 48.0 Å². The maximum atomic E-state index is 13.5. The van der Waals surface area contributed by atoms with Crippen LogP contribution >= 0.6 is 0 Å². The SMILES string of the molecule is COc1ccc(C(O)=C2C(=O)C(=O)N(CCN(C)C)[C@H]2c2ccc(F)cc2)c(C)c1. The molecule has 1 aliphatic rings. The average Bonchev–Trinajstić information content (AvgIpc) is 2.96. The molecule has 3 rings (SSSR count). The highest BCUT2D eigenvalue weighted by Gasteiger charge is 2.46. The lowest BCUT2D eigenvalue weighted by molar-refractivity contribution is -0.140. The second-order valence-corrected chi connectivity index (χ2v) is 7.53. The van der Waals surface area contributed by atoms with Crippen molar-refractivity contribution in [2.75, 3.05) is 34.3 Å². The van der Waals surface area contributed by atoms with Gasteiger partial charge in [0.25, 0.3) is 11.7 Å². The molecule has 2 aromatic carbocycles. The molecule has 1 amide bonds. The van der Waals surface area contributed by atoms with Gasteiger partial charge in [0, 0.05) is 18.7 Å². The number of carbonyl (C=O) groups excluding carboxylic acids is 2. The molecule has 1 N–H and O–H groups in total. The van der Waals surface area contributed by atoms with E-state index in [1.807, 2.05) is 19.0 Å². The summed E-state index contributed by atoms with van der Waals surface area (Å²) in [5, 5.41) is 11.1. The fourth-order valence-electron chi connectivity index (χ4n) is 3.58. The molecule has 0 aromatic heterocycles. The van der Waals surface area contributed by atoms with Crippen LogP contribution in [0.3, 0.4) is 0 Å². The molecule has 2 aromatic rings. The predicted molar refractivity (Wildman–Crippen MR) is 112 cm³/mol. The summed E-state index contributed by atoms with van der Waals surface area (Å²) >= 11 is 0. The molecule has 1 atom stereocenters. The van der Waals surface area contributed by atoms with Gasteiger partial charge in [-0.25, -0.2) is 4.39 Å². The summed E-state index contributed by atoms with van der Waals surface area (Å²) in [7, 11) is 5.27. The van der Waals surface area contributed by atoms with Gasteiger partial charge in [0.1, 0.15) is 17.3 Å². The molecule has 1 aliphatic heterocycles. The van der Waals surface area contributed by atoms with E-state index < -0.39 is 23.5 Å². The normalized spacial score (nSPS) is 18.3. The van der Waals surface area contributed by atoms with Crippen LogP contribution in [-0.2, 0) is 9.59 Å². The molecular weight excluding hydrogens is 387 g/mol. The number of aliphatic hydroxyl groups is 1. The van der Waals surface area contributed by atoms with E-state index in [2.05, 4.69) is 0 Å². The number of carbonyl (C=O) groups is 2. The van der Waals surface area contributed by atoms with Crippen LogP contribution in [0.5, 0.6) is 5.75 Å². The Morgan fingerprint density at radius 1 is 1.17 bits per heavy atom. The van der Waals surface area contributed by atoms with E-state index in [-0.39, 0.29) is 17.9 Å². The number of hydrogen-bond acceptors (Lipinski definition) is 5. The zero-order chi connectivity index (χ0) is 22.0. The number of amides is 1. The third kappa shape index (κ3) is 4.07. The largest absolute Gasteiger partial charge is 0.507 e. The summed E-state index contributed by atoms with van der Waals surface area (Å²) in [6, 6.07) is 9.89. The van der Waals surface area contributed by atoms with Crippen LogP contribution in [0, 0.1) is 12.7 Å². The topological polar surface area (TPSA) is 70.1 Å². The molecule has 6 nitrogen and oxygen atoms in total. The smallest absolute Gasteiger partial charge is 0.295 e. The number of halogens is 1. The molecule has 1 saturated heterocycles. The molecule has 0 bridgehead atoms. The number of hydrogen-bond donors (Lipinski definition) is 1. The summed E-state index contributed by atoms with van der Waals surface area (Å²) in [6.07, 6.45) is 0. The van der Waals surface area contributed by atoms with Crippen molar-refractivity contribution in [3.05, 3.63) is 70.5 Å². The molecule has 0 saturated carbocycles. The summed E-state index contributed by atoms with van der Waals surface area (Å²) in [5.74, 6) is -1.49. The molecular formula is C23H25FN2O4. The van der Waals surface area contributed by atoms with Gasteiger partial charge in [-0.3, -0.25) is 9.59 Å². The number of rotatable bonds is 6. The molecule has 0 spiro atoms. The molecule has 0 radical (unpaired) electrons. The molecule has 30 heavy (non-hydrogen) atoms. The number of likely N-dealkylation sites (N-methyl/N-ethyl adjacent to an activating group) is 1. The molecule has 7 heteroatoms. The van der Waals surface area contributed by atoms with E-state index in [9.17, 15) is 19.1 Å².